The van der Waals surface area contributed by atoms with Gasteiger partial charge in [0.1, 0.15) is 22.8 Å². The largest absolute Gasteiger partial charge is 0.456 e. The first-order valence-electron chi connectivity index (χ1n) is 4.88. The molecule has 0 spiro atoms. The molecule has 0 aliphatic heterocycles. The third-order valence-corrected chi connectivity index (χ3v) is 2.96. The Balaban J connectivity index is 2.25. The molecule has 0 atom stereocenters. The fraction of sp³-hybridized carbons (Fsp3) is 0. The standard InChI is InChI=1S/C13H8Cl2O2/c14-11-2-1-3-12(13(11)15)17-10-6-4-9(8-16)5-7-10/h1-8H. The summed E-state index contributed by atoms with van der Waals surface area (Å²) in [5, 5.41) is 0.808. The number of carbonyl (C=O) groups is 1. The Labute approximate surface area is 109 Å². The van der Waals surface area contributed by atoms with Gasteiger partial charge in [-0.25, -0.2) is 0 Å². The number of ether oxygens (including phenoxy) is 1. The monoisotopic (exact) mass is 266 g/mol. The lowest BCUT2D eigenvalue weighted by atomic mass is 10.2. The molecule has 0 aliphatic rings. The lowest BCUT2D eigenvalue weighted by Gasteiger charge is -2.08. The van der Waals surface area contributed by atoms with Crippen molar-refractivity contribution in [2.75, 3.05) is 0 Å². The zero-order valence-corrected chi connectivity index (χ0v) is 10.2. The number of benzene rings is 2. The summed E-state index contributed by atoms with van der Waals surface area (Å²) in [5.74, 6) is 1.08. The average molecular weight is 267 g/mol. The van der Waals surface area contributed by atoms with E-state index in [1.165, 1.54) is 0 Å². The molecule has 0 radical (unpaired) electrons. The predicted octanol–water partition coefficient (Wildman–Crippen LogP) is 4.60. The molecule has 2 rings (SSSR count). The van der Waals surface area contributed by atoms with Crippen LogP contribution in [0.25, 0.3) is 0 Å². The van der Waals surface area contributed by atoms with Gasteiger partial charge in [-0.3, -0.25) is 4.79 Å². The molecular weight excluding hydrogens is 259 g/mol. The Morgan fingerprint density at radius 3 is 2.35 bits per heavy atom. The minimum Gasteiger partial charge on any atom is -0.456 e. The molecule has 0 amide bonds. The summed E-state index contributed by atoms with van der Waals surface area (Å²) in [5.41, 5.74) is 0.592. The maximum absolute atomic E-state index is 10.5. The Morgan fingerprint density at radius 2 is 1.71 bits per heavy atom. The second kappa shape index (κ2) is 5.21. The minimum atomic E-state index is 0.369. The molecule has 0 saturated heterocycles. The van der Waals surface area contributed by atoms with Gasteiger partial charge in [-0.15, -0.1) is 0 Å². The molecule has 0 heterocycles. The minimum absolute atomic E-state index is 0.369. The van der Waals surface area contributed by atoms with E-state index in [0.29, 0.717) is 27.1 Å². The van der Waals surface area contributed by atoms with E-state index in [1.807, 2.05) is 0 Å². The molecule has 4 heteroatoms. The van der Waals surface area contributed by atoms with Crippen molar-refractivity contribution < 1.29 is 9.53 Å². The zero-order valence-electron chi connectivity index (χ0n) is 8.69. The molecule has 0 saturated carbocycles. The van der Waals surface area contributed by atoms with Crippen LogP contribution in [-0.2, 0) is 0 Å². The summed E-state index contributed by atoms with van der Waals surface area (Å²) >= 11 is 11.9. The Hall–Kier alpha value is -1.51. The lowest BCUT2D eigenvalue weighted by Crippen LogP contribution is -1.86. The second-order valence-electron chi connectivity index (χ2n) is 3.34. The van der Waals surface area contributed by atoms with Crippen molar-refractivity contribution in [3.63, 3.8) is 0 Å². The van der Waals surface area contributed by atoms with Crippen molar-refractivity contribution in [2.24, 2.45) is 0 Å². The molecular formula is C13H8Cl2O2. The van der Waals surface area contributed by atoms with Gasteiger partial charge in [0.05, 0.1) is 5.02 Å². The molecule has 86 valence electrons. The normalized spacial score (nSPS) is 10.0. The van der Waals surface area contributed by atoms with Gasteiger partial charge in [-0.05, 0) is 36.4 Å². The molecule has 17 heavy (non-hydrogen) atoms. The highest BCUT2D eigenvalue weighted by molar-refractivity contribution is 6.42. The molecule has 0 fully saturated rings. The van der Waals surface area contributed by atoms with Gasteiger partial charge in [0.15, 0.2) is 0 Å². The van der Waals surface area contributed by atoms with E-state index in [9.17, 15) is 4.79 Å². The predicted molar refractivity (Wildman–Crippen MR) is 68.4 cm³/mol. The van der Waals surface area contributed by atoms with Crippen LogP contribution in [0.1, 0.15) is 10.4 Å². The maximum atomic E-state index is 10.5. The summed E-state index contributed by atoms with van der Waals surface area (Å²) in [6.45, 7) is 0. The average Bonchev–Trinajstić information content (AvgIpc) is 2.36. The van der Waals surface area contributed by atoms with Crippen LogP contribution in [0.15, 0.2) is 42.5 Å². The number of halogens is 2. The SMILES string of the molecule is O=Cc1ccc(Oc2cccc(Cl)c2Cl)cc1. The Kier molecular flexibility index (Phi) is 3.67. The van der Waals surface area contributed by atoms with Crippen molar-refractivity contribution in [2.45, 2.75) is 0 Å². The lowest BCUT2D eigenvalue weighted by molar-refractivity contribution is 0.112. The van der Waals surface area contributed by atoms with Crippen molar-refractivity contribution in [3.8, 4) is 11.5 Å². The van der Waals surface area contributed by atoms with Gasteiger partial charge in [0.2, 0.25) is 0 Å². The van der Waals surface area contributed by atoms with Crippen LogP contribution in [0.4, 0.5) is 0 Å². The summed E-state index contributed by atoms with van der Waals surface area (Å²) in [7, 11) is 0. The summed E-state index contributed by atoms with van der Waals surface area (Å²) in [6.07, 6.45) is 0.774. The number of rotatable bonds is 3. The van der Waals surface area contributed by atoms with E-state index >= 15 is 0 Å². The van der Waals surface area contributed by atoms with E-state index in [2.05, 4.69) is 0 Å². The van der Waals surface area contributed by atoms with Gasteiger partial charge in [-0.1, -0.05) is 29.3 Å². The fourth-order valence-corrected chi connectivity index (χ4v) is 1.63. The Bertz CT molecular complexity index is 536. The van der Waals surface area contributed by atoms with E-state index in [1.54, 1.807) is 42.5 Å². The van der Waals surface area contributed by atoms with Crippen molar-refractivity contribution in [1.82, 2.24) is 0 Å². The van der Waals surface area contributed by atoms with Crippen LogP contribution >= 0.6 is 23.2 Å². The highest BCUT2D eigenvalue weighted by atomic mass is 35.5. The van der Waals surface area contributed by atoms with Gasteiger partial charge < -0.3 is 4.74 Å². The first-order valence-corrected chi connectivity index (χ1v) is 5.63. The molecule has 0 bridgehead atoms. The summed E-state index contributed by atoms with van der Waals surface area (Å²) in [4.78, 5) is 10.5. The van der Waals surface area contributed by atoms with E-state index in [0.717, 1.165) is 6.29 Å². The smallest absolute Gasteiger partial charge is 0.150 e. The van der Waals surface area contributed by atoms with Crippen molar-refractivity contribution in [3.05, 3.63) is 58.1 Å². The van der Waals surface area contributed by atoms with Crippen LogP contribution < -0.4 is 4.74 Å². The zero-order chi connectivity index (χ0) is 12.3. The van der Waals surface area contributed by atoms with E-state index < -0.39 is 0 Å². The van der Waals surface area contributed by atoms with Gasteiger partial charge >= 0.3 is 0 Å². The molecule has 0 aromatic heterocycles. The van der Waals surface area contributed by atoms with Crippen LogP contribution in [0, 0.1) is 0 Å². The molecule has 0 unspecified atom stereocenters. The Morgan fingerprint density at radius 1 is 1.00 bits per heavy atom. The van der Waals surface area contributed by atoms with Crippen LogP contribution in [0.5, 0.6) is 11.5 Å². The van der Waals surface area contributed by atoms with E-state index in [-0.39, 0.29) is 0 Å². The van der Waals surface area contributed by atoms with Crippen molar-refractivity contribution >= 4 is 29.5 Å². The van der Waals surface area contributed by atoms with Crippen molar-refractivity contribution in [1.29, 1.82) is 0 Å². The summed E-state index contributed by atoms with van der Waals surface area (Å²) < 4.78 is 5.56. The first kappa shape index (κ1) is 12.0. The van der Waals surface area contributed by atoms with Crippen LogP contribution in [-0.4, -0.2) is 6.29 Å². The quantitative estimate of drug-likeness (QED) is 0.760. The molecule has 0 N–H and O–H groups in total. The maximum Gasteiger partial charge on any atom is 0.150 e. The molecule has 0 aliphatic carbocycles. The number of aldehydes is 1. The fourth-order valence-electron chi connectivity index (χ4n) is 1.30. The van der Waals surface area contributed by atoms with Gasteiger partial charge in [0, 0.05) is 5.56 Å². The van der Waals surface area contributed by atoms with Gasteiger partial charge in [0.25, 0.3) is 0 Å². The van der Waals surface area contributed by atoms with E-state index in [4.69, 9.17) is 27.9 Å². The second-order valence-corrected chi connectivity index (χ2v) is 4.13. The highest BCUT2D eigenvalue weighted by Gasteiger charge is 2.06. The molecule has 2 aromatic carbocycles. The molecule has 2 aromatic rings. The summed E-state index contributed by atoms with van der Waals surface area (Å²) in [6, 6.07) is 11.9. The van der Waals surface area contributed by atoms with Crippen LogP contribution in [0.3, 0.4) is 0 Å². The first-order chi connectivity index (χ1) is 8.20. The van der Waals surface area contributed by atoms with Crippen LogP contribution in [0.2, 0.25) is 10.0 Å². The number of hydrogen-bond acceptors (Lipinski definition) is 2. The third kappa shape index (κ3) is 2.78. The topological polar surface area (TPSA) is 26.3 Å². The highest BCUT2D eigenvalue weighted by Crippen LogP contribution is 2.34. The number of carbonyl (C=O) groups excluding carboxylic acids is 1. The third-order valence-electron chi connectivity index (χ3n) is 2.16. The van der Waals surface area contributed by atoms with Gasteiger partial charge in [-0.2, -0.15) is 0 Å². The molecule has 2 nitrogen and oxygen atoms in total. The number of hydrogen-bond donors (Lipinski definition) is 0.